The highest BCUT2D eigenvalue weighted by Crippen LogP contribution is 2.47. The molecule has 10 nitrogen and oxygen atoms in total. The zero-order valence-corrected chi connectivity index (χ0v) is 26.8. The molecule has 3 fully saturated rings. The zero-order chi connectivity index (χ0) is 31.4. The van der Waals surface area contributed by atoms with Gasteiger partial charge in [0.05, 0.1) is 24.9 Å². The first-order chi connectivity index (χ1) is 20.8. The van der Waals surface area contributed by atoms with Gasteiger partial charge in [-0.1, -0.05) is 23.7 Å². The molecule has 5 heterocycles. The van der Waals surface area contributed by atoms with E-state index in [0.717, 1.165) is 19.5 Å². The molecule has 2 amide bonds. The van der Waals surface area contributed by atoms with Crippen LogP contribution in [0.4, 0.5) is 15.0 Å². The molecule has 0 bridgehead atoms. The van der Waals surface area contributed by atoms with Crippen LogP contribution in [0.15, 0.2) is 24.3 Å². The molecule has 4 aliphatic heterocycles. The lowest BCUT2D eigenvalue weighted by Gasteiger charge is -2.40. The van der Waals surface area contributed by atoms with Crippen LogP contribution in [-0.2, 0) is 9.47 Å². The number of benzene rings is 1. The van der Waals surface area contributed by atoms with Crippen molar-refractivity contribution in [2.75, 3.05) is 64.0 Å². The largest absolute Gasteiger partial charge is 0.489 e. The second-order valence-corrected chi connectivity index (χ2v) is 14.0. The summed E-state index contributed by atoms with van der Waals surface area (Å²) in [4.78, 5) is 40.3. The standard InChI is InChI=1S/C32H41ClFN5O5/c1-31(2,3)44-30(41)37-10-11-38-21(17-37)19-43-27-24(29(38)40)28(35-26(25(27)33)22-8-6-7-9-23(22)34)39-18-20(16-32(39,4)5)36-12-14-42-15-13-36/h6-9,20-21H,10-19H2,1-5H3/t20?,21-/m1/s1. The Kier molecular flexibility index (Phi) is 8.17. The van der Waals surface area contributed by atoms with Crippen molar-refractivity contribution in [1.82, 2.24) is 19.7 Å². The molecule has 1 aromatic carbocycles. The highest BCUT2D eigenvalue weighted by molar-refractivity contribution is 6.35. The highest BCUT2D eigenvalue weighted by atomic mass is 35.5. The highest BCUT2D eigenvalue weighted by Gasteiger charge is 2.47. The molecule has 6 rings (SSSR count). The first kappa shape index (κ1) is 30.9. The van der Waals surface area contributed by atoms with Crippen molar-refractivity contribution in [3.05, 3.63) is 40.7 Å². The van der Waals surface area contributed by atoms with Gasteiger partial charge in [-0.05, 0) is 53.2 Å². The number of morpholine rings is 1. The third-order valence-electron chi connectivity index (χ3n) is 8.91. The monoisotopic (exact) mass is 629 g/mol. The van der Waals surface area contributed by atoms with Crippen LogP contribution in [0, 0.1) is 5.82 Å². The topological polar surface area (TPSA) is 87.7 Å². The first-order valence-corrected chi connectivity index (χ1v) is 15.7. The van der Waals surface area contributed by atoms with Crippen molar-refractivity contribution in [1.29, 1.82) is 0 Å². The van der Waals surface area contributed by atoms with Crippen LogP contribution in [0.1, 0.15) is 51.4 Å². The van der Waals surface area contributed by atoms with E-state index in [9.17, 15) is 9.59 Å². The number of fused-ring (bicyclic) bond motifs is 2. The maximum absolute atomic E-state index is 15.2. The van der Waals surface area contributed by atoms with Crippen molar-refractivity contribution in [2.45, 2.75) is 64.3 Å². The van der Waals surface area contributed by atoms with Gasteiger partial charge in [0.1, 0.15) is 34.4 Å². The summed E-state index contributed by atoms with van der Waals surface area (Å²) < 4.78 is 32.8. The number of amides is 2. The van der Waals surface area contributed by atoms with Gasteiger partial charge in [-0.2, -0.15) is 0 Å². The lowest BCUT2D eigenvalue weighted by Crippen LogP contribution is -2.58. The molecule has 238 valence electrons. The van der Waals surface area contributed by atoms with Crippen molar-refractivity contribution in [2.24, 2.45) is 0 Å². The molecular weight excluding hydrogens is 589 g/mol. The number of aromatic nitrogens is 1. The number of carbonyl (C=O) groups is 2. The molecule has 0 aliphatic carbocycles. The molecule has 3 saturated heterocycles. The van der Waals surface area contributed by atoms with E-state index in [-0.39, 0.29) is 58.2 Å². The normalized spacial score (nSPS) is 24.0. The Bertz CT molecular complexity index is 1440. The van der Waals surface area contributed by atoms with Gasteiger partial charge in [0.2, 0.25) is 0 Å². The number of halogens is 2. The summed E-state index contributed by atoms with van der Waals surface area (Å²) in [6.45, 7) is 14.4. The number of pyridine rings is 1. The Morgan fingerprint density at radius 3 is 2.52 bits per heavy atom. The van der Waals surface area contributed by atoms with Crippen LogP contribution in [0.2, 0.25) is 5.02 Å². The maximum Gasteiger partial charge on any atom is 0.410 e. The van der Waals surface area contributed by atoms with Gasteiger partial charge in [-0.3, -0.25) is 9.69 Å². The number of nitrogens with zero attached hydrogens (tertiary/aromatic N) is 5. The fourth-order valence-corrected chi connectivity index (χ4v) is 7.03. The molecular formula is C32H41ClFN5O5. The van der Waals surface area contributed by atoms with Crippen LogP contribution in [0.5, 0.6) is 5.75 Å². The van der Waals surface area contributed by atoms with Gasteiger partial charge in [0.15, 0.2) is 5.75 Å². The molecule has 12 heteroatoms. The van der Waals surface area contributed by atoms with E-state index >= 15 is 4.39 Å². The van der Waals surface area contributed by atoms with Gasteiger partial charge >= 0.3 is 6.09 Å². The minimum absolute atomic E-state index is 0.0905. The number of anilines is 1. The van der Waals surface area contributed by atoms with Crippen LogP contribution >= 0.6 is 11.6 Å². The Balaban J connectivity index is 1.41. The Hall–Kier alpha value is -3.15. The summed E-state index contributed by atoms with van der Waals surface area (Å²) in [7, 11) is 0. The number of piperazine rings is 1. The number of ether oxygens (including phenoxy) is 3. The van der Waals surface area contributed by atoms with Gasteiger partial charge in [0.25, 0.3) is 5.91 Å². The molecule has 1 aromatic heterocycles. The fraction of sp³-hybridized carbons (Fsp3) is 0.594. The van der Waals surface area contributed by atoms with E-state index in [4.69, 9.17) is 30.8 Å². The van der Waals surface area contributed by atoms with Gasteiger partial charge in [-0.25, -0.2) is 14.2 Å². The molecule has 2 atom stereocenters. The Morgan fingerprint density at radius 1 is 1.09 bits per heavy atom. The number of hydrogen-bond donors (Lipinski definition) is 0. The smallest absolute Gasteiger partial charge is 0.410 e. The summed E-state index contributed by atoms with van der Waals surface area (Å²) in [5.74, 6) is -0.0983. The Morgan fingerprint density at radius 2 is 1.82 bits per heavy atom. The average Bonchev–Trinajstić information content (AvgIpc) is 3.22. The van der Waals surface area contributed by atoms with Gasteiger partial charge in [-0.15, -0.1) is 0 Å². The van der Waals surface area contributed by atoms with Crippen LogP contribution < -0.4 is 9.64 Å². The Labute approximate surface area is 263 Å². The van der Waals surface area contributed by atoms with E-state index in [0.29, 0.717) is 38.7 Å². The third-order valence-corrected chi connectivity index (χ3v) is 9.26. The number of carbonyl (C=O) groups excluding carboxylic acids is 2. The van der Waals surface area contributed by atoms with Crippen molar-refractivity contribution < 1.29 is 28.2 Å². The van der Waals surface area contributed by atoms with Crippen molar-refractivity contribution in [3.8, 4) is 17.0 Å². The molecule has 4 aliphatic rings. The predicted octanol–water partition coefficient (Wildman–Crippen LogP) is 4.68. The second kappa shape index (κ2) is 11.7. The van der Waals surface area contributed by atoms with Crippen LogP contribution in [-0.4, -0.2) is 114 Å². The molecule has 44 heavy (non-hydrogen) atoms. The molecule has 2 aromatic rings. The molecule has 0 radical (unpaired) electrons. The quantitative estimate of drug-likeness (QED) is 0.484. The maximum atomic E-state index is 15.2. The van der Waals surface area contributed by atoms with E-state index in [2.05, 4.69) is 23.6 Å². The van der Waals surface area contributed by atoms with E-state index in [1.807, 2.05) is 20.8 Å². The predicted molar refractivity (Wildman–Crippen MR) is 165 cm³/mol. The third kappa shape index (κ3) is 5.81. The minimum atomic E-state index is -0.640. The number of rotatable bonds is 3. The number of hydrogen-bond acceptors (Lipinski definition) is 8. The summed E-state index contributed by atoms with van der Waals surface area (Å²) in [5, 5.41) is 0.0905. The van der Waals surface area contributed by atoms with E-state index < -0.39 is 23.6 Å². The van der Waals surface area contributed by atoms with Gasteiger partial charge < -0.3 is 28.9 Å². The van der Waals surface area contributed by atoms with E-state index in [1.165, 1.54) is 6.07 Å². The lowest BCUT2D eigenvalue weighted by atomic mass is 9.98. The molecule has 1 unspecified atom stereocenters. The zero-order valence-electron chi connectivity index (χ0n) is 26.1. The lowest BCUT2D eigenvalue weighted by molar-refractivity contribution is 0.000951. The van der Waals surface area contributed by atoms with Gasteiger partial charge in [0, 0.05) is 56.4 Å². The average molecular weight is 630 g/mol. The second-order valence-electron chi connectivity index (χ2n) is 13.6. The SMILES string of the molecule is CC(C)(C)OC(=O)N1CCN2C(=O)c3c(N4CC(N5CCOCC5)CC4(C)C)nc(-c4ccccc4F)c(Cl)c3OC[C@H]2C1. The van der Waals surface area contributed by atoms with Crippen LogP contribution in [0.3, 0.4) is 0 Å². The molecule has 0 spiro atoms. The molecule has 0 N–H and O–H groups in total. The summed E-state index contributed by atoms with van der Waals surface area (Å²) in [5.41, 5.74) is -0.270. The van der Waals surface area contributed by atoms with E-state index in [1.54, 1.807) is 28.0 Å². The summed E-state index contributed by atoms with van der Waals surface area (Å²) in [6.07, 6.45) is 0.425. The van der Waals surface area contributed by atoms with Crippen molar-refractivity contribution in [3.63, 3.8) is 0 Å². The molecule has 0 saturated carbocycles. The fourth-order valence-electron chi connectivity index (χ4n) is 6.74. The summed E-state index contributed by atoms with van der Waals surface area (Å²) >= 11 is 6.97. The van der Waals surface area contributed by atoms with Crippen LogP contribution in [0.25, 0.3) is 11.3 Å². The minimum Gasteiger partial charge on any atom is -0.489 e. The first-order valence-electron chi connectivity index (χ1n) is 15.3. The van der Waals surface area contributed by atoms with Crippen molar-refractivity contribution >= 4 is 29.4 Å². The summed E-state index contributed by atoms with van der Waals surface area (Å²) in [6, 6.07) is 6.14.